The number of piperidine rings is 1. The highest BCUT2D eigenvalue weighted by Crippen LogP contribution is 2.29. The van der Waals surface area contributed by atoms with Gasteiger partial charge in [0.2, 0.25) is 10.0 Å². The average Bonchev–Trinajstić information content (AvgIpc) is 2.92. The highest BCUT2D eigenvalue weighted by Gasteiger charge is 2.27. The topological polar surface area (TPSA) is 91.7 Å². The van der Waals surface area contributed by atoms with Crippen molar-refractivity contribution in [2.24, 2.45) is 0 Å². The van der Waals surface area contributed by atoms with Gasteiger partial charge in [-0.15, -0.1) is 0 Å². The van der Waals surface area contributed by atoms with Gasteiger partial charge >= 0.3 is 6.03 Å². The molecule has 2 atom stereocenters. The summed E-state index contributed by atoms with van der Waals surface area (Å²) in [5.74, 6) is 0.725. The Morgan fingerprint density at radius 3 is 2.77 bits per heavy atom. The number of carbonyl (C=O) groups excluding carboxylic acids is 1. The minimum Gasteiger partial charge on any atom is -0.459 e. The van der Waals surface area contributed by atoms with Crippen molar-refractivity contribution in [2.45, 2.75) is 38.8 Å². The van der Waals surface area contributed by atoms with Gasteiger partial charge in [0.05, 0.1) is 12.3 Å². The first-order valence-corrected chi connectivity index (χ1v) is 10.6. The summed E-state index contributed by atoms with van der Waals surface area (Å²) in [7, 11) is -3.23. The van der Waals surface area contributed by atoms with Crippen molar-refractivity contribution >= 4 is 27.0 Å². The fraction of sp³-hybridized carbons (Fsp3) is 0.500. The molecule has 1 fully saturated rings. The normalized spacial score (nSPS) is 20.0. The molecular formula is C18H25N3O4S. The van der Waals surface area contributed by atoms with Gasteiger partial charge in [0.25, 0.3) is 0 Å². The third kappa shape index (κ3) is 4.02. The van der Waals surface area contributed by atoms with Crippen LogP contribution in [0.1, 0.15) is 37.1 Å². The van der Waals surface area contributed by atoms with E-state index in [1.807, 2.05) is 38.1 Å². The number of hydrogen-bond acceptors (Lipinski definition) is 4. The number of fused-ring (bicyclic) bond motifs is 1. The third-order valence-electron chi connectivity index (χ3n) is 4.81. The van der Waals surface area contributed by atoms with E-state index in [9.17, 15) is 13.2 Å². The smallest absolute Gasteiger partial charge is 0.315 e. The number of hydrogen-bond donors (Lipinski definition) is 2. The molecule has 1 aliphatic heterocycles. The first kappa shape index (κ1) is 18.7. The summed E-state index contributed by atoms with van der Waals surface area (Å²) < 4.78 is 30.7. The first-order chi connectivity index (χ1) is 12.3. The van der Waals surface area contributed by atoms with E-state index in [-0.39, 0.29) is 18.1 Å². The Balaban J connectivity index is 1.63. The lowest BCUT2D eigenvalue weighted by Crippen LogP contribution is -2.51. The molecule has 26 heavy (non-hydrogen) atoms. The molecule has 3 rings (SSSR count). The Morgan fingerprint density at radius 2 is 2.08 bits per heavy atom. The number of sulfonamides is 1. The van der Waals surface area contributed by atoms with Gasteiger partial charge in [-0.2, -0.15) is 0 Å². The summed E-state index contributed by atoms with van der Waals surface area (Å²) in [6, 6.07) is 6.95. The zero-order valence-electron chi connectivity index (χ0n) is 15.3. The lowest BCUT2D eigenvalue weighted by Gasteiger charge is -2.31. The molecule has 7 nitrogen and oxygen atoms in total. The first-order valence-electron chi connectivity index (χ1n) is 8.76. The molecule has 142 valence electrons. The number of aryl methyl sites for hydroxylation is 1. The van der Waals surface area contributed by atoms with Crippen molar-refractivity contribution in [1.29, 1.82) is 0 Å². The molecule has 2 heterocycles. The molecule has 0 radical (unpaired) electrons. The summed E-state index contributed by atoms with van der Waals surface area (Å²) in [5.41, 5.74) is 1.81. The van der Waals surface area contributed by atoms with Gasteiger partial charge in [0, 0.05) is 30.1 Å². The molecule has 0 saturated carbocycles. The van der Waals surface area contributed by atoms with Crippen LogP contribution in [0.3, 0.4) is 0 Å². The fourth-order valence-electron chi connectivity index (χ4n) is 3.46. The number of benzene rings is 1. The average molecular weight is 379 g/mol. The Morgan fingerprint density at radius 1 is 1.35 bits per heavy atom. The lowest BCUT2D eigenvalue weighted by molar-refractivity contribution is 0.222. The largest absolute Gasteiger partial charge is 0.459 e. The van der Waals surface area contributed by atoms with Crippen LogP contribution in [0.2, 0.25) is 0 Å². The van der Waals surface area contributed by atoms with Crippen molar-refractivity contribution in [3.63, 3.8) is 0 Å². The number of amides is 2. The minimum absolute atomic E-state index is 0.192. The van der Waals surface area contributed by atoms with Gasteiger partial charge in [0.15, 0.2) is 0 Å². The van der Waals surface area contributed by atoms with Crippen LogP contribution in [-0.4, -0.2) is 44.1 Å². The maximum absolute atomic E-state index is 12.3. The van der Waals surface area contributed by atoms with Crippen molar-refractivity contribution < 1.29 is 17.6 Å². The van der Waals surface area contributed by atoms with Crippen LogP contribution in [0.15, 0.2) is 28.7 Å². The van der Waals surface area contributed by atoms with E-state index in [0.717, 1.165) is 35.1 Å². The number of furan rings is 1. The summed E-state index contributed by atoms with van der Waals surface area (Å²) >= 11 is 0. The quantitative estimate of drug-likeness (QED) is 0.854. The second kappa shape index (κ2) is 7.28. The summed E-state index contributed by atoms with van der Waals surface area (Å²) in [5, 5.41) is 6.80. The van der Waals surface area contributed by atoms with E-state index in [4.69, 9.17) is 4.42 Å². The molecule has 0 bridgehead atoms. The van der Waals surface area contributed by atoms with Gasteiger partial charge in [-0.3, -0.25) is 0 Å². The Labute approximate surface area is 153 Å². The molecule has 2 N–H and O–H groups in total. The second-order valence-corrected chi connectivity index (χ2v) is 8.87. The van der Waals surface area contributed by atoms with Crippen molar-refractivity contribution in [1.82, 2.24) is 14.9 Å². The fourth-order valence-corrected chi connectivity index (χ4v) is 4.37. The SMILES string of the molecule is Cc1c(C(C)NC(=O)NC2CCCN(S(C)(=O)=O)C2)oc2ccccc12. The molecule has 0 spiro atoms. The molecule has 2 aromatic rings. The molecule has 2 amide bonds. The van der Waals surface area contributed by atoms with Gasteiger partial charge in [0.1, 0.15) is 11.3 Å². The number of para-hydroxylation sites is 1. The molecule has 8 heteroatoms. The zero-order chi connectivity index (χ0) is 18.9. The van der Waals surface area contributed by atoms with E-state index in [2.05, 4.69) is 10.6 Å². The van der Waals surface area contributed by atoms with Gasteiger partial charge in [-0.1, -0.05) is 18.2 Å². The van der Waals surface area contributed by atoms with Crippen molar-refractivity contribution in [2.75, 3.05) is 19.3 Å². The van der Waals surface area contributed by atoms with Crippen LogP contribution in [0, 0.1) is 6.92 Å². The van der Waals surface area contributed by atoms with Gasteiger partial charge < -0.3 is 15.1 Å². The molecule has 1 aromatic heterocycles. The Hall–Kier alpha value is -2.06. The number of nitrogens with zero attached hydrogens (tertiary/aromatic N) is 1. The monoisotopic (exact) mass is 379 g/mol. The van der Waals surface area contributed by atoms with Crippen LogP contribution in [0.4, 0.5) is 4.79 Å². The van der Waals surface area contributed by atoms with E-state index < -0.39 is 10.0 Å². The maximum atomic E-state index is 12.3. The van der Waals surface area contributed by atoms with Crippen LogP contribution in [0.25, 0.3) is 11.0 Å². The second-order valence-electron chi connectivity index (χ2n) is 6.89. The highest BCUT2D eigenvalue weighted by atomic mass is 32.2. The molecule has 1 saturated heterocycles. The van der Waals surface area contributed by atoms with Crippen LogP contribution < -0.4 is 10.6 Å². The van der Waals surface area contributed by atoms with Crippen LogP contribution in [0.5, 0.6) is 0 Å². The molecule has 0 aliphatic carbocycles. The number of carbonyl (C=O) groups is 1. The predicted octanol–water partition coefficient (Wildman–Crippen LogP) is 2.53. The standard InChI is InChI=1S/C18H25N3O4S/c1-12-15-8-4-5-9-16(15)25-17(12)13(2)19-18(22)20-14-7-6-10-21(11-14)26(3,23)24/h4-5,8-9,13-14H,6-7,10-11H2,1-3H3,(H2,19,20,22). The minimum atomic E-state index is -3.23. The molecule has 1 aromatic carbocycles. The summed E-state index contributed by atoms with van der Waals surface area (Å²) in [4.78, 5) is 12.3. The third-order valence-corrected chi connectivity index (χ3v) is 6.08. The van der Waals surface area contributed by atoms with Crippen molar-refractivity contribution in [3.05, 3.63) is 35.6 Å². The zero-order valence-corrected chi connectivity index (χ0v) is 16.1. The number of rotatable bonds is 4. The van der Waals surface area contributed by atoms with E-state index >= 15 is 0 Å². The van der Waals surface area contributed by atoms with Gasteiger partial charge in [-0.05, 0) is 32.8 Å². The van der Waals surface area contributed by atoms with Crippen LogP contribution in [-0.2, 0) is 10.0 Å². The molecule has 2 unspecified atom stereocenters. The molecular weight excluding hydrogens is 354 g/mol. The Bertz CT molecular complexity index is 906. The molecule has 1 aliphatic rings. The van der Waals surface area contributed by atoms with E-state index in [1.54, 1.807) is 0 Å². The maximum Gasteiger partial charge on any atom is 0.315 e. The van der Waals surface area contributed by atoms with Gasteiger partial charge in [-0.25, -0.2) is 17.5 Å². The number of nitrogens with one attached hydrogen (secondary N) is 2. The predicted molar refractivity (Wildman–Crippen MR) is 100 cm³/mol. The van der Waals surface area contributed by atoms with Crippen LogP contribution >= 0.6 is 0 Å². The summed E-state index contributed by atoms with van der Waals surface area (Å²) in [6.45, 7) is 4.66. The Kier molecular flexibility index (Phi) is 5.24. The number of urea groups is 1. The van der Waals surface area contributed by atoms with E-state index in [1.165, 1.54) is 10.6 Å². The highest BCUT2D eigenvalue weighted by molar-refractivity contribution is 7.88. The van der Waals surface area contributed by atoms with Crippen molar-refractivity contribution in [3.8, 4) is 0 Å². The van der Waals surface area contributed by atoms with E-state index in [0.29, 0.717) is 13.1 Å². The lowest BCUT2D eigenvalue weighted by atomic mass is 10.1. The summed E-state index contributed by atoms with van der Waals surface area (Å²) in [6.07, 6.45) is 2.69.